The maximum absolute atomic E-state index is 11.3. The van der Waals surface area contributed by atoms with E-state index in [1.165, 1.54) is 0 Å². The molecule has 0 spiro atoms. The zero-order chi connectivity index (χ0) is 9.61. The molecule has 0 saturated carbocycles. The van der Waals surface area contributed by atoms with E-state index in [9.17, 15) is 9.59 Å². The summed E-state index contributed by atoms with van der Waals surface area (Å²) in [5.41, 5.74) is -0.770. The van der Waals surface area contributed by atoms with Gasteiger partial charge in [0.1, 0.15) is 12.1 Å². The van der Waals surface area contributed by atoms with Crippen molar-refractivity contribution in [2.24, 2.45) is 5.41 Å². The average Bonchev–Trinajstić information content (AvgIpc) is 2.05. The minimum atomic E-state index is -0.770. The Balaban J connectivity index is 3.79. The molecule has 0 heterocycles. The first-order valence-electron chi connectivity index (χ1n) is 4.54. The lowest BCUT2D eigenvalue weighted by Gasteiger charge is -2.14. The van der Waals surface area contributed by atoms with Crippen molar-refractivity contribution in [3.05, 3.63) is 0 Å². The van der Waals surface area contributed by atoms with E-state index in [1.807, 2.05) is 0 Å². The van der Waals surface area contributed by atoms with Gasteiger partial charge in [0.25, 0.3) is 0 Å². The fourth-order valence-electron chi connectivity index (χ4n) is 0.923. The molecule has 0 N–H and O–H groups in total. The van der Waals surface area contributed by atoms with Crippen molar-refractivity contribution in [3.63, 3.8) is 0 Å². The number of carbonyl (C=O) groups is 2. The predicted molar refractivity (Wildman–Crippen MR) is 49.0 cm³/mol. The number of rotatable bonds is 6. The number of aldehydes is 1. The van der Waals surface area contributed by atoms with Crippen LogP contribution in [0.1, 0.15) is 46.5 Å². The molecule has 70 valence electrons. The minimum Gasteiger partial charge on any atom is -0.302 e. The molecular formula is C10H18O2. The van der Waals surface area contributed by atoms with Gasteiger partial charge >= 0.3 is 0 Å². The monoisotopic (exact) mass is 170 g/mol. The summed E-state index contributed by atoms with van der Waals surface area (Å²) in [6.45, 7) is 5.44. The molecule has 2 nitrogen and oxygen atoms in total. The quantitative estimate of drug-likeness (QED) is 0.348. The van der Waals surface area contributed by atoms with Crippen molar-refractivity contribution in [2.45, 2.75) is 46.5 Å². The first kappa shape index (κ1) is 11.3. The second kappa shape index (κ2) is 5.07. The van der Waals surface area contributed by atoms with Gasteiger partial charge in [-0.05, 0) is 20.3 Å². The molecule has 0 fully saturated rings. The Morgan fingerprint density at radius 1 is 1.33 bits per heavy atom. The normalized spacial score (nSPS) is 11.2. The molecule has 0 rings (SSSR count). The first-order valence-corrected chi connectivity index (χ1v) is 4.54. The molecule has 0 unspecified atom stereocenters. The number of hydrogen-bond donors (Lipinski definition) is 0. The molecule has 0 aliphatic rings. The van der Waals surface area contributed by atoms with Gasteiger partial charge in [-0.1, -0.05) is 19.8 Å². The van der Waals surface area contributed by atoms with Crippen LogP contribution in [0, 0.1) is 5.41 Å². The smallest absolute Gasteiger partial charge is 0.145 e. The van der Waals surface area contributed by atoms with E-state index in [-0.39, 0.29) is 5.78 Å². The third kappa shape index (κ3) is 3.65. The van der Waals surface area contributed by atoms with Crippen molar-refractivity contribution in [3.8, 4) is 0 Å². The van der Waals surface area contributed by atoms with Gasteiger partial charge in [0.15, 0.2) is 0 Å². The molecular weight excluding hydrogens is 152 g/mol. The van der Waals surface area contributed by atoms with Crippen molar-refractivity contribution < 1.29 is 9.59 Å². The van der Waals surface area contributed by atoms with Crippen molar-refractivity contribution in [1.29, 1.82) is 0 Å². The maximum Gasteiger partial charge on any atom is 0.145 e. The SMILES string of the molecule is CCCCCC(=O)C(C)(C)C=O. The topological polar surface area (TPSA) is 34.1 Å². The van der Waals surface area contributed by atoms with E-state index >= 15 is 0 Å². The Morgan fingerprint density at radius 3 is 2.33 bits per heavy atom. The standard InChI is InChI=1S/C10H18O2/c1-4-5-6-7-9(12)10(2,3)8-11/h8H,4-7H2,1-3H3. The summed E-state index contributed by atoms with van der Waals surface area (Å²) in [6, 6.07) is 0. The molecule has 12 heavy (non-hydrogen) atoms. The zero-order valence-electron chi connectivity index (χ0n) is 8.22. The molecule has 0 radical (unpaired) electrons. The van der Waals surface area contributed by atoms with Crippen LogP contribution < -0.4 is 0 Å². The molecule has 0 atom stereocenters. The lowest BCUT2D eigenvalue weighted by atomic mass is 9.87. The van der Waals surface area contributed by atoms with Gasteiger partial charge < -0.3 is 4.79 Å². The Labute approximate surface area is 74.3 Å². The van der Waals surface area contributed by atoms with Gasteiger partial charge in [0.05, 0.1) is 5.41 Å². The molecule has 0 aromatic heterocycles. The van der Waals surface area contributed by atoms with E-state index in [1.54, 1.807) is 13.8 Å². The van der Waals surface area contributed by atoms with E-state index < -0.39 is 5.41 Å². The minimum absolute atomic E-state index is 0.0611. The highest BCUT2D eigenvalue weighted by atomic mass is 16.1. The summed E-state index contributed by atoms with van der Waals surface area (Å²) < 4.78 is 0. The second-order valence-electron chi connectivity index (χ2n) is 3.72. The molecule has 0 saturated heterocycles. The largest absolute Gasteiger partial charge is 0.302 e. The van der Waals surface area contributed by atoms with Crippen LogP contribution in [0.4, 0.5) is 0 Å². The third-order valence-corrected chi connectivity index (χ3v) is 2.02. The average molecular weight is 170 g/mol. The van der Waals surface area contributed by atoms with Gasteiger partial charge in [0, 0.05) is 6.42 Å². The van der Waals surface area contributed by atoms with Crippen LogP contribution in [0.25, 0.3) is 0 Å². The van der Waals surface area contributed by atoms with Gasteiger partial charge in [-0.3, -0.25) is 4.79 Å². The molecule has 0 aliphatic heterocycles. The lowest BCUT2D eigenvalue weighted by Crippen LogP contribution is -2.25. The predicted octanol–water partition coefficient (Wildman–Crippen LogP) is 2.36. The number of carbonyl (C=O) groups excluding carboxylic acids is 2. The number of hydrogen-bond acceptors (Lipinski definition) is 2. The van der Waals surface area contributed by atoms with Gasteiger partial charge in [-0.2, -0.15) is 0 Å². The summed E-state index contributed by atoms with van der Waals surface area (Å²) >= 11 is 0. The van der Waals surface area contributed by atoms with E-state index in [4.69, 9.17) is 0 Å². The summed E-state index contributed by atoms with van der Waals surface area (Å²) in [5.74, 6) is 0.0611. The van der Waals surface area contributed by atoms with Gasteiger partial charge in [-0.15, -0.1) is 0 Å². The van der Waals surface area contributed by atoms with Crippen molar-refractivity contribution in [2.75, 3.05) is 0 Å². The number of Topliss-reactive ketones (excluding diaryl/α,β-unsaturated/α-hetero) is 1. The first-order chi connectivity index (χ1) is 5.54. The van der Waals surface area contributed by atoms with Crippen molar-refractivity contribution in [1.82, 2.24) is 0 Å². The van der Waals surface area contributed by atoms with Crippen LogP contribution in [0.15, 0.2) is 0 Å². The summed E-state index contributed by atoms with van der Waals surface area (Å²) in [6.07, 6.45) is 4.36. The Morgan fingerprint density at radius 2 is 1.92 bits per heavy atom. The Kier molecular flexibility index (Phi) is 4.79. The third-order valence-electron chi connectivity index (χ3n) is 2.02. The van der Waals surface area contributed by atoms with Crippen LogP contribution in [0.5, 0.6) is 0 Å². The number of unbranched alkanes of at least 4 members (excludes halogenated alkanes) is 2. The highest BCUT2D eigenvalue weighted by molar-refractivity contribution is 5.97. The molecule has 0 aromatic carbocycles. The van der Waals surface area contributed by atoms with Gasteiger partial charge in [-0.25, -0.2) is 0 Å². The highest BCUT2D eigenvalue weighted by Crippen LogP contribution is 2.16. The lowest BCUT2D eigenvalue weighted by molar-refractivity contribution is -0.132. The summed E-state index contributed by atoms with van der Waals surface area (Å²) in [7, 11) is 0. The van der Waals surface area contributed by atoms with E-state index in [0.29, 0.717) is 6.42 Å². The van der Waals surface area contributed by atoms with Crippen LogP contribution in [-0.4, -0.2) is 12.1 Å². The molecule has 0 amide bonds. The van der Waals surface area contributed by atoms with Crippen LogP contribution in [0.2, 0.25) is 0 Å². The van der Waals surface area contributed by atoms with Crippen molar-refractivity contribution >= 4 is 12.1 Å². The maximum atomic E-state index is 11.3. The highest BCUT2D eigenvalue weighted by Gasteiger charge is 2.25. The molecule has 0 aliphatic carbocycles. The fourth-order valence-corrected chi connectivity index (χ4v) is 0.923. The Hall–Kier alpha value is -0.660. The summed E-state index contributed by atoms with van der Waals surface area (Å²) in [5, 5.41) is 0. The second-order valence-corrected chi connectivity index (χ2v) is 3.72. The van der Waals surface area contributed by atoms with Crippen LogP contribution >= 0.6 is 0 Å². The zero-order valence-corrected chi connectivity index (χ0v) is 8.22. The van der Waals surface area contributed by atoms with Gasteiger partial charge in [0.2, 0.25) is 0 Å². The van der Waals surface area contributed by atoms with E-state index in [0.717, 1.165) is 25.5 Å². The molecule has 0 bridgehead atoms. The number of ketones is 1. The Bertz CT molecular complexity index is 159. The molecule has 2 heteroatoms. The van der Waals surface area contributed by atoms with E-state index in [2.05, 4.69) is 6.92 Å². The summed E-state index contributed by atoms with van der Waals surface area (Å²) in [4.78, 5) is 21.8. The van der Waals surface area contributed by atoms with Crippen LogP contribution in [0.3, 0.4) is 0 Å². The van der Waals surface area contributed by atoms with Crippen LogP contribution in [-0.2, 0) is 9.59 Å². The molecule has 0 aromatic rings. The fraction of sp³-hybridized carbons (Fsp3) is 0.800.